The van der Waals surface area contributed by atoms with Crippen molar-refractivity contribution in [3.05, 3.63) is 53.9 Å². The minimum Gasteiger partial charge on any atom is -0.340 e. The van der Waals surface area contributed by atoms with Crippen LogP contribution in [0.25, 0.3) is 0 Å². The molecule has 2 aromatic rings. The average Bonchev–Trinajstić information content (AvgIpc) is 2.49. The van der Waals surface area contributed by atoms with Crippen molar-refractivity contribution in [1.29, 1.82) is 0 Å². The third-order valence-corrected chi connectivity index (χ3v) is 3.54. The molecule has 0 atom stereocenters. The molecule has 0 aliphatic heterocycles. The number of nitrogens with zero attached hydrogens (tertiary/aromatic N) is 2. The fraction of sp³-hybridized carbons (Fsp3) is 0.389. The van der Waals surface area contributed by atoms with Crippen molar-refractivity contribution in [1.82, 2.24) is 10.3 Å². The minimum atomic E-state index is 0.473. The lowest BCUT2D eigenvalue weighted by Crippen LogP contribution is -2.24. The summed E-state index contributed by atoms with van der Waals surface area (Å²) in [5, 5.41) is 3.49. The van der Waals surface area contributed by atoms with Gasteiger partial charge in [0.1, 0.15) is 0 Å². The smallest absolute Gasteiger partial charge is 0.0642 e. The highest BCUT2D eigenvalue weighted by Crippen LogP contribution is 2.27. The normalized spacial score (nSPS) is 10.9. The Morgan fingerprint density at radius 1 is 1.14 bits per heavy atom. The van der Waals surface area contributed by atoms with Crippen molar-refractivity contribution in [3.63, 3.8) is 0 Å². The highest BCUT2D eigenvalue weighted by atomic mass is 15.1. The van der Waals surface area contributed by atoms with Crippen molar-refractivity contribution in [2.24, 2.45) is 0 Å². The zero-order chi connectivity index (χ0) is 15.2. The van der Waals surface area contributed by atoms with Gasteiger partial charge in [0.2, 0.25) is 0 Å². The number of aryl methyl sites for hydroxylation is 1. The molecule has 0 amide bonds. The van der Waals surface area contributed by atoms with E-state index in [1.54, 1.807) is 0 Å². The van der Waals surface area contributed by atoms with Crippen LogP contribution in [-0.2, 0) is 6.54 Å². The molecule has 0 bridgehead atoms. The van der Waals surface area contributed by atoms with Crippen LogP contribution in [0.5, 0.6) is 0 Å². The summed E-state index contributed by atoms with van der Waals surface area (Å²) < 4.78 is 0. The summed E-state index contributed by atoms with van der Waals surface area (Å²) in [6.45, 7) is 10.4. The molecule has 3 heteroatoms. The molecule has 3 nitrogen and oxygen atoms in total. The zero-order valence-electron chi connectivity index (χ0n) is 13.4. The summed E-state index contributed by atoms with van der Waals surface area (Å²) in [5.41, 5.74) is 4.95. The van der Waals surface area contributed by atoms with E-state index in [1.807, 2.05) is 12.4 Å². The van der Waals surface area contributed by atoms with Gasteiger partial charge in [-0.15, -0.1) is 0 Å². The van der Waals surface area contributed by atoms with Gasteiger partial charge in [-0.3, -0.25) is 4.98 Å². The maximum atomic E-state index is 4.31. The van der Waals surface area contributed by atoms with E-state index in [0.717, 1.165) is 13.1 Å². The Morgan fingerprint density at radius 3 is 2.48 bits per heavy atom. The van der Waals surface area contributed by atoms with Gasteiger partial charge in [0, 0.05) is 31.0 Å². The number of rotatable bonds is 6. The van der Waals surface area contributed by atoms with Crippen LogP contribution in [0.1, 0.15) is 31.9 Å². The van der Waals surface area contributed by atoms with Crippen LogP contribution >= 0.6 is 0 Å². The topological polar surface area (TPSA) is 28.2 Å². The second kappa shape index (κ2) is 7.23. The second-order valence-electron chi connectivity index (χ2n) is 5.62. The second-order valence-corrected chi connectivity index (χ2v) is 5.62. The van der Waals surface area contributed by atoms with E-state index in [0.29, 0.717) is 6.04 Å². The fourth-order valence-electron chi connectivity index (χ4n) is 2.34. The molecule has 0 fully saturated rings. The molecule has 0 unspecified atom stereocenters. The van der Waals surface area contributed by atoms with Gasteiger partial charge < -0.3 is 10.2 Å². The van der Waals surface area contributed by atoms with Crippen molar-refractivity contribution in [3.8, 4) is 0 Å². The van der Waals surface area contributed by atoms with E-state index in [9.17, 15) is 0 Å². The van der Waals surface area contributed by atoms with Gasteiger partial charge in [-0.05, 0) is 37.6 Å². The van der Waals surface area contributed by atoms with Crippen molar-refractivity contribution < 1.29 is 0 Å². The number of hydrogen-bond donors (Lipinski definition) is 1. The first-order chi connectivity index (χ1) is 10.1. The number of anilines is 2. The quantitative estimate of drug-likeness (QED) is 0.867. The van der Waals surface area contributed by atoms with Gasteiger partial charge >= 0.3 is 0 Å². The van der Waals surface area contributed by atoms with Gasteiger partial charge in [-0.2, -0.15) is 0 Å². The van der Waals surface area contributed by atoms with Crippen molar-refractivity contribution >= 4 is 11.4 Å². The highest BCUT2D eigenvalue weighted by Gasteiger charge is 2.12. The predicted octanol–water partition coefficient (Wildman–Crippen LogP) is 4.05. The summed E-state index contributed by atoms with van der Waals surface area (Å²) in [5.74, 6) is 0. The number of nitrogens with one attached hydrogen (secondary N) is 1. The molecule has 0 saturated carbocycles. The van der Waals surface area contributed by atoms with Crippen LogP contribution in [0.4, 0.5) is 11.4 Å². The minimum absolute atomic E-state index is 0.473. The molecule has 0 radical (unpaired) electrons. The van der Waals surface area contributed by atoms with Crippen molar-refractivity contribution in [2.45, 2.75) is 40.3 Å². The zero-order valence-corrected chi connectivity index (χ0v) is 13.4. The highest BCUT2D eigenvalue weighted by molar-refractivity contribution is 5.65. The Labute approximate surface area is 128 Å². The van der Waals surface area contributed by atoms with Gasteiger partial charge in [0.15, 0.2) is 0 Å². The standard InChI is InChI=1S/C18H25N3/c1-5-21(17-8-6-15(4)7-9-17)18-13-19-11-10-16(18)12-20-14(2)3/h6-11,13-14,20H,5,12H2,1-4H3. The lowest BCUT2D eigenvalue weighted by atomic mass is 10.1. The lowest BCUT2D eigenvalue weighted by Gasteiger charge is -2.26. The summed E-state index contributed by atoms with van der Waals surface area (Å²) in [4.78, 5) is 6.62. The monoisotopic (exact) mass is 283 g/mol. The van der Waals surface area contributed by atoms with E-state index in [4.69, 9.17) is 0 Å². The molecule has 112 valence electrons. The Hall–Kier alpha value is -1.87. The van der Waals surface area contributed by atoms with Crippen LogP contribution in [-0.4, -0.2) is 17.6 Å². The lowest BCUT2D eigenvalue weighted by molar-refractivity contribution is 0.588. The first-order valence-electron chi connectivity index (χ1n) is 7.62. The Morgan fingerprint density at radius 2 is 1.86 bits per heavy atom. The molecule has 0 spiro atoms. The van der Waals surface area contributed by atoms with Gasteiger partial charge in [-0.25, -0.2) is 0 Å². The SMILES string of the molecule is CCN(c1ccc(C)cc1)c1cnccc1CNC(C)C. The summed E-state index contributed by atoms with van der Waals surface area (Å²) >= 11 is 0. The van der Waals surface area contributed by atoms with Crippen LogP contribution in [0, 0.1) is 6.92 Å². The molecule has 0 aliphatic rings. The molecular formula is C18H25N3. The number of benzene rings is 1. The van der Waals surface area contributed by atoms with Crippen LogP contribution < -0.4 is 10.2 Å². The molecule has 1 heterocycles. The molecule has 2 rings (SSSR count). The summed E-state index contributed by atoms with van der Waals surface area (Å²) in [6.07, 6.45) is 3.82. The predicted molar refractivity (Wildman–Crippen MR) is 90.1 cm³/mol. The molecule has 0 aliphatic carbocycles. The number of pyridine rings is 1. The molecule has 1 N–H and O–H groups in total. The molecule has 1 aromatic heterocycles. The van der Waals surface area contributed by atoms with Crippen LogP contribution in [0.15, 0.2) is 42.7 Å². The fourth-order valence-corrected chi connectivity index (χ4v) is 2.34. The van der Waals surface area contributed by atoms with E-state index in [1.165, 1.54) is 22.5 Å². The Balaban J connectivity index is 2.31. The van der Waals surface area contributed by atoms with Crippen LogP contribution in [0.2, 0.25) is 0 Å². The van der Waals surface area contributed by atoms with Gasteiger partial charge in [-0.1, -0.05) is 31.5 Å². The maximum Gasteiger partial charge on any atom is 0.0642 e. The molecular weight excluding hydrogens is 258 g/mol. The Bertz CT molecular complexity index is 561. The molecule has 1 aromatic carbocycles. The van der Waals surface area contributed by atoms with Gasteiger partial charge in [0.25, 0.3) is 0 Å². The Kier molecular flexibility index (Phi) is 5.34. The van der Waals surface area contributed by atoms with Gasteiger partial charge in [0.05, 0.1) is 11.9 Å². The third kappa shape index (κ3) is 4.05. The first-order valence-corrected chi connectivity index (χ1v) is 7.62. The molecule has 21 heavy (non-hydrogen) atoms. The largest absolute Gasteiger partial charge is 0.340 e. The van der Waals surface area contributed by atoms with Crippen LogP contribution in [0.3, 0.4) is 0 Å². The third-order valence-electron chi connectivity index (χ3n) is 3.54. The van der Waals surface area contributed by atoms with E-state index in [-0.39, 0.29) is 0 Å². The van der Waals surface area contributed by atoms with Crippen molar-refractivity contribution in [2.75, 3.05) is 11.4 Å². The maximum absolute atomic E-state index is 4.31. The number of hydrogen-bond acceptors (Lipinski definition) is 3. The van der Waals surface area contributed by atoms with E-state index in [2.05, 4.69) is 73.2 Å². The van der Waals surface area contributed by atoms with E-state index < -0.39 is 0 Å². The number of aromatic nitrogens is 1. The average molecular weight is 283 g/mol. The summed E-state index contributed by atoms with van der Waals surface area (Å²) in [7, 11) is 0. The first kappa shape index (κ1) is 15.5. The summed E-state index contributed by atoms with van der Waals surface area (Å²) in [6, 6.07) is 11.2. The van der Waals surface area contributed by atoms with E-state index >= 15 is 0 Å². The molecule has 0 saturated heterocycles.